The summed E-state index contributed by atoms with van der Waals surface area (Å²) in [6.07, 6.45) is 6.98. The minimum absolute atomic E-state index is 0.221. The summed E-state index contributed by atoms with van der Waals surface area (Å²) in [4.78, 5) is 14.8. The molecule has 0 unspecified atom stereocenters. The van der Waals surface area contributed by atoms with Crippen LogP contribution in [0.1, 0.15) is 49.4 Å². The zero-order chi connectivity index (χ0) is 19.2. The maximum Gasteiger partial charge on any atom is 0.252 e. The molecule has 146 valence electrons. The van der Waals surface area contributed by atoms with Crippen molar-refractivity contribution in [1.29, 1.82) is 0 Å². The Kier molecular flexibility index (Phi) is 7.73. The maximum atomic E-state index is 12.3. The van der Waals surface area contributed by atoms with E-state index in [9.17, 15) is 13.2 Å². The minimum atomic E-state index is -3.38. The van der Waals surface area contributed by atoms with Gasteiger partial charge in [0, 0.05) is 24.8 Å². The third-order valence-corrected chi connectivity index (χ3v) is 5.56. The average Bonchev–Trinajstić information content (AvgIpc) is 2.57. The van der Waals surface area contributed by atoms with Gasteiger partial charge in [0.15, 0.2) is 0 Å². The van der Waals surface area contributed by atoms with E-state index in [-0.39, 0.29) is 10.9 Å². The van der Waals surface area contributed by atoms with Crippen LogP contribution in [0.2, 0.25) is 5.02 Å². The molecule has 0 aliphatic carbocycles. The zero-order valence-corrected chi connectivity index (χ0v) is 17.0. The number of carbonyl (C=O) groups is 1. The lowest BCUT2D eigenvalue weighted by Crippen LogP contribution is -2.40. The van der Waals surface area contributed by atoms with Crippen LogP contribution in [0.3, 0.4) is 0 Å². The molecule has 0 radical (unpaired) electrons. The van der Waals surface area contributed by atoms with E-state index in [0.29, 0.717) is 23.8 Å². The molecule has 1 saturated heterocycles. The summed E-state index contributed by atoms with van der Waals surface area (Å²) in [5, 5.41) is 3.11. The Hall–Kier alpha value is -1.31. The second-order valence-corrected chi connectivity index (χ2v) is 8.93. The molecule has 1 fully saturated rings. The number of rotatable bonds is 8. The van der Waals surface area contributed by atoms with E-state index in [1.165, 1.54) is 43.9 Å². The van der Waals surface area contributed by atoms with Crippen LogP contribution < -0.4 is 10.0 Å². The molecule has 1 heterocycles. The number of anilines is 1. The van der Waals surface area contributed by atoms with Crippen LogP contribution in [0.4, 0.5) is 5.69 Å². The molecule has 1 aliphatic heterocycles. The Morgan fingerprint density at radius 1 is 1.35 bits per heavy atom. The van der Waals surface area contributed by atoms with Crippen molar-refractivity contribution in [3.05, 3.63) is 28.8 Å². The highest BCUT2D eigenvalue weighted by atomic mass is 35.5. The lowest BCUT2D eigenvalue weighted by Gasteiger charge is -2.35. The summed E-state index contributed by atoms with van der Waals surface area (Å²) in [7, 11) is -3.38. The van der Waals surface area contributed by atoms with E-state index in [0.717, 1.165) is 25.8 Å². The standard InChI is InChI=1S/C18H28ClN3O3S/c1-3-15-7-4-5-11-22(15)12-6-10-20-18(23)16-9-8-14(13-17(16)19)21-26(2,24)25/h8-9,13,15,21H,3-7,10-12H2,1-2H3,(H,20,23)/t15-/m1/s1. The van der Waals surface area contributed by atoms with Gasteiger partial charge in [0.25, 0.3) is 5.91 Å². The van der Waals surface area contributed by atoms with Crippen molar-refractivity contribution in [3.8, 4) is 0 Å². The lowest BCUT2D eigenvalue weighted by molar-refractivity contribution is 0.0947. The Bertz CT molecular complexity index is 724. The first-order valence-electron chi connectivity index (χ1n) is 9.09. The molecule has 1 aromatic carbocycles. The molecule has 2 rings (SSSR count). The van der Waals surface area contributed by atoms with E-state index >= 15 is 0 Å². The van der Waals surface area contributed by atoms with Crippen molar-refractivity contribution >= 4 is 33.2 Å². The molecule has 1 atom stereocenters. The third kappa shape index (κ3) is 6.45. The second-order valence-electron chi connectivity index (χ2n) is 6.77. The van der Waals surface area contributed by atoms with Crippen molar-refractivity contribution < 1.29 is 13.2 Å². The Morgan fingerprint density at radius 2 is 2.12 bits per heavy atom. The molecule has 1 amide bonds. The highest BCUT2D eigenvalue weighted by Gasteiger charge is 2.20. The minimum Gasteiger partial charge on any atom is -0.352 e. The molecule has 6 nitrogen and oxygen atoms in total. The quantitative estimate of drug-likeness (QED) is 0.656. The number of carbonyl (C=O) groups excluding carboxylic acids is 1. The Morgan fingerprint density at radius 3 is 2.77 bits per heavy atom. The number of hydrogen-bond donors (Lipinski definition) is 2. The van der Waals surface area contributed by atoms with Gasteiger partial charge in [0.1, 0.15) is 0 Å². The number of sulfonamides is 1. The van der Waals surface area contributed by atoms with Gasteiger partial charge in [-0.3, -0.25) is 9.52 Å². The molecule has 1 aliphatic rings. The average molecular weight is 402 g/mol. The van der Waals surface area contributed by atoms with Gasteiger partial charge in [-0.05, 0) is 50.4 Å². The number of hydrogen-bond acceptors (Lipinski definition) is 4. The molecular weight excluding hydrogens is 374 g/mol. The molecule has 2 N–H and O–H groups in total. The summed E-state index contributed by atoms with van der Waals surface area (Å²) >= 11 is 6.12. The van der Waals surface area contributed by atoms with Gasteiger partial charge in [0.05, 0.1) is 16.8 Å². The fourth-order valence-corrected chi connectivity index (χ4v) is 4.19. The van der Waals surface area contributed by atoms with Crippen LogP contribution in [0.5, 0.6) is 0 Å². The summed E-state index contributed by atoms with van der Waals surface area (Å²) in [6.45, 7) is 4.96. The molecular formula is C18H28ClN3O3S. The van der Waals surface area contributed by atoms with Crippen molar-refractivity contribution in [2.75, 3.05) is 30.6 Å². The van der Waals surface area contributed by atoms with Gasteiger partial charge >= 0.3 is 0 Å². The van der Waals surface area contributed by atoms with Crippen molar-refractivity contribution in [2.24, 2.45) is 0 Å². The molecule has 1 aromatic rings. The summed E-state index contributed by atoms with van der Waals surface area (Å²) < 4.78 is 24.8. The zero-order valence-electron chi connectivity index (χ0n) is 15.4. The monoisotopic (exact) mass is 401 g/mol. The first-order valence-corrected chi connectivity index (χ1v) is 11.4. The predicted molar refractivity (Wildman–Crippen MR) is 106 cm³/mol. The van der Waals surface area contributed by atoms with Gasteiger partial charge in [-0.2, -0.15) is 0 Å². The number of nitrogens with one attached hydrogen (secondary N) is 2. The predicted octanol–water partition coefficient (Wildman–Crippen LogP) is 3.10. The van der Waals surface area contributed by atoms with Gasteiger partial charge in [0.2, 0.25) is 10.0 Å². The number of amides is 1. The molecule has 0 bridgehead atoms. The van der Waals surface area contributed by atoms with Crippen LogP contribution in [-0.2, 0) is 10.0 Å². The smallest absolute Gasteiger partial charge is 0.252 e. The van der Waals surface area contributed by atoms with E-state index in [1.807, 2.05) is 0 Å². The van der Waals surface area contributed by atoms with Gasteiger partial charge in [-0.1, -0.05) is 24.9 Å². The number of likely N-dealkylation sites (tertiary alicyclic amines) is 1. The van der Waals surface area contributed by atoms with Crippen molar-refractivity contribution in [3.63, 3.8) is 0 Å². The molecule has 26 heavy (non-hydrogen) atoms. The number of benzene rings is 1. The number of halogens is 1. The number of nitrogens with zero attached hydrogens (tertiary/aromatic N) is 1. The fourth-order valence-electron chi connectivity index (χ4n) is 3.37. The first kappa shape index (κ1) is 21.0. The molecule has 0 spiro atoms. The topological polar surface area (TPSA) is 78.5 Å². The normalized spacial score (nSPS) is 18.5. The van der Waals surface area contributed by atoms with Crippen LogP contribution >= 0.6 is 11.6 Å². The van der Waals surface area contributed by atoms with Crippen molar-refractivity contribution in [1.82, 2.24) is 10.2 Å². The van der Waals surface area contributed by atoms with Crippen LogP contribution in [0.25, 0.3) is 0 Å². The second kappa shape index (κ2) is 9.58. The summed E-state index contributed by atoms with van der Waals surface area (Å²) in [5.41, 5.74) is 0.680. The van der Waals surface area contributed by atoms with Gasteiger partial charge < -0.3 is 10.2 Å². The Labute approximate surface area is 161 Å². The summed E-state index contributed by atoms with van der Waals surface area (Å²) in [5.74, 6) is -0.244. The van der Waals surface area contributed by atoms with E-state index in [1.54, 1.807) is 0 Å². The van der Waals surface area contributed by atoms with Crippen LogP contribution in [-0.4, -0.2) is 51.2 Å². The van der Waals surface area contributed by atoms with E-state index < -0.39 is 10.0 Å². The fraction of sp³-hybridized carbons (Fsp3) is 0.611. The van der Waals surface area contributed by atoms with Crippen LogP contribution in [0.15, 0.2) is 18.2 Å². The van der Waals surface area contributed by atoms with Gasteiger partial charge in [-0.15, -0.1) is 0 Å². The highest BCUT2D eigenvalue weighted by Crippen LogP contribution is 2.22. The van der Waals surface area contributed by atoms with Gasteiger partial charge in [-0.25, -0.2) is 8.42 Å². The Balaban J connectivity index is 1.82. The van der Waals surface area contributed by atoms with Crippen LogP contribution in [0, 0.1) is 0 Å². The SMILES string of the molecule is CC[C@@H]1CCCCN1CCCNC(=O)c1ccc(NS(C)(=O)=O)cc1Cl. The molecule has 0 saturated carbocycles. The molecule has 8 heteroatoms. The van der Waals surface area contributed by atoms with E-state index in [4.69, 9.17) is 11.6 Å². The third-order valence-electron chi connectivity index (χ3n) is 4.64. The highest BCUT2D eigenvalue weighted by molar-refractivity contribution is 7.92. The van der Waals surface area contributed by atoms with Crippen molar-refractivity contribution in [2.45, 2.75) is 45.1 Å². The largest absolute Gasteiger partial charge is 0.352 e. The first-order chi connectivity index (χ1) is 12.3. The number of piperidine rings is 1. The molecule has 0 aromatic heterocycles. The van der Waals surface area contributed by atoms with E-state index in [2.05, 4.69) is 21.9 Å². The maximum absolute atomic E-state index is 12.3. The lowest BCUT2D eigenvalue weighted by atomic mass is 10.00. The summed E-state index contributed by atoms with van der Waals surface area (Å²) in [6, 6.07) is 5.17.